The van der Waals surface area contributed by atoms with Crippen LogP contribution in [-0.4, -0.2) is 24.5 Å². The lowest BCUT2D eigenvalue weighted by molar-refractivity contribution is -0.885. The molecular weight excluding hydrogens is 389 g/mol. The van der Waals surface area contributed by atoms with Crippen molar-refractivity contribution in [1.29, 1.82) is 0 Å². The molecule has 26 heavy (non-hydrogen) atoms. The summed E-state index contributed by atoms with van der Waals surface area (Å²) in [6.07, 6.45) is 0. The second kappa shape index (κ2) is 8.35. The van der Waals surface area contributed by atoms with E-state index in [1.165, 1.54) is 4.70 Å². The highest BCUT2D eigenvalue weighted by Gasteiger charge is 2.17. The molecule has 2 aromatic carbocycles. The summed E-state index contributed by atoms with van der Waals surface area (Å²) in [6, 6.07) is 13.2. The number of likely N-dealkylation sites (N-methyl/N-ethyl adjacent to an activating group) is 1. The van der Waals surface area contributed by atoms with Gasteiger partial charge in [-0.05, 0) is 36.8 Å². The summed E-state index contributed by atoms with van der Waals surface area (Å²) in [5.41, 5.74) is 1.86. The number of thiazole rings is 1. The van der Waals surface area contributed by atoms with Gasteiger partial charge in [-0.2, -0.15) is 0 Å². The Morgan fingerprint density at radius 1 is 1.27 bits per heavy atom. The first-order valence-corrected chi connectivity index (χ1v) is 9.89. The third-order valence-corrected chi connectivity index (χ3v) is 5.66. The highest BCUT2D eigenvalue weighted by atomic mass is 35.5. The van der Waals surface area contributed by atoms with Gasteiger partial charge in [-0.25, -0.2) is 4.98 Å². The van der Waals surface area contributed by atoms with Gasteiger partial charge in [0.1, 0.15) is 11.6 Å². The molecule has 3 rings (SSSR count). The summed E-state index contributed by atoms with van der Waals surface area (Å²) in [5.74, 6) is -0.0258. The van der Waals surface area contributed by atoms with Crippen LogP contribution >= 0.6 is 34.5 Å². The number of quaternary nitrogens is 1. The minimum Gasteiger partial charge on any atom is -0.345 e. The second-order valence-corrected chi connectivity index (χ2v) is 8.30. The number of rotatable bonds is 6. The molecule has 1 unspecified atom stereocenters. The predicted molar refractivity (Wildman–Crippen MR) is 108 cm³/mol. The van der Waals surface area contributed by atoms with E-state index in [4.69, 9.17) is 23.2 Å². The van der Waals surface area contributed by atoms with Gasteiger partial charge >= 0.3 is 0 Å². The van der Waals surface area contributed by atoms with Crippen LogP contribution in [0.2, 0.25) is 10.0 Å². The van der Waals surface area contributed by atoms with Gasteiger partial charge < -0.3 is 10.2 Å². The Morgan fingerprint density at radius 3 is 2.77 bits per heavy atom. The molecule has 2 N–H and O–H groups in total. The summed E-state index contributed by atoms with van der Waals surface area (Å²) in [7, 11) is 1.99. The minimum absolute atomic E-state index is 0.0258. The van der Waals surface area contributed by atoms with Gasteiger partial charge in [0.05, 0.1) is 23.3 Å². The van der Waals surface area contributed by atoms with Crippen LogP contribution in [0.25, 0.3) is 10.2 Å². The summed E-state index contributed by atoms with van der Waals surface area (Å²) < 4.78 is 1.17. The maximum absolute atomic E-state index is 12.4. The maximum atomic E-state index is 12.4. The molecule has 0 fully saturated rings. The third-order valence-electron chi connectivity index (χ3n) is 4.06. The van der Waals surface area contributed by atoms with Crippen molar-refractivity contribution in [3.8, 4) is 0 Å². The summed E-state index contributed by atoms with van der Waals surface area (Å²) in [6.45, 7) is 2.99. The Kier molecular flexibility index (Phi) is 6.14. The van der Waals surface area contributed by atoms with E-state index in [-0.39, 0.29) is 11.9 Å². The molecule has 0 saturated heterocycles. The Morgan fingerprint density at radius 2 is 2.04 bits per heavy atom. The van der Waals surface area contributed by atoms with E-state index >= 15 is 0 Å². The largest absolute Gasteiger partial charge is 0.345 e. The number of halogens is 2. The predicted octanol–water partition coefficient (Wildman–Crippen LogP) is 3.50. The molecule has 0 bridgehead atoms. The van der Waals surface area contributed by atoms with E-state index in [1.807, 2.05) is 38.2 Å². The topological polar surface area (TPSA) is 46.4 Å². The minimum atomic E-state index is -0.178. The van der Waals surface area contributed by atoms with Gasteiger partial charge in [0.2, 0.25) is 0 Å². The first-order chi connectivity index (χ1) is 12.4. The Labute approximate surface area is 166 Å². The molecule has 0 radical (unpaired) electrons. The van der Waals surface area contributed by atoms with E-state index in [0.717, 1.165) is 21.0 Å². The lowest BCUT2D eigenvalue weighted by Gasteiger charge is -2.18. The van der Waals surface area contributed by atoms with Crippen molar-refractivity contribution in [3.63, 3.8) is 0 Å². The number of nitrogens with zero attached hydrogens (tertiary/aromatic N) is 1. The molecular formula is C19H20Cl2N3OS+. The van der Waals surface area contributed by atoms with Gasteiger partial charge in [0.15, 0.2) is 6.54 Å². The van der Waals surface area contributed by atoms with E-state index in [0.29, 0.717) is 23.1 Å². The highest BCUT2D eigenvalue weighted by Crippen LogP contribution is 2.26. The van der Waals surface area contributed by atoms with Gasteiger partial charge in [-0.3, -0.25) is 4.79 Å². The first kappa shape index (κ1) is 19.1. The summed E-state index contributed by atoms with van der Waals surface area (Å²) in [4.78, 5) is 18.1. The molecule has 4 nitrogen and oxygen atoms in total. The molecule has 0 aliphatic carbocycles. The van der Waals surface area contributed by atoms with Crippen LogP contribution in [0, 0.1) is 0 Å². The lowest BCUT2D eigenvalue weighted by Crippen LogP contribution is -3.08. The Bertz CT molecular complexity index is 895. The fraction of sp³-hybridized carbons (Fsp3) is 0.263. The number of amides is 1. The molecule has 0 saturated carbocycles. The van der Waals surface area contributed by atoms with Crippen molar-refractivity contribution in [2.24, 2.45) is 0 Å². The van der Waals surface area contributed by atoms with E-state index in [2.05, 4.69) is 16.4 Å². The zero-order chi connectivity index (χ0) is 18.7. The normalized spacial score (nSPS) is 13.5. The van der Waals surface area contributed by atoms with Gasteiger partial charge in [0.25, 0.3) is 5.91 Å². The number of benzene rings is 2. The number of para-hydroxylation sites is 1. The van der Waals surface area contributed by atoms with Crippen LogP contribution < -0.4 is 10.2 Å². The standard InChI is InChI=1S/C19H19Cl2N3OS/c1-12(14-8-7-13(20)9-15(14)21)22-18(25)10-24(2)11-19-23-16-5-3-4-6-17(16)26-19/h3-9,12H,10-11H2,1-2H3,(H,22,25)/p+1/t12-/m1/s1. The van der Waals surface area contributed by atoms with E-state index < -0.39 is 0 Å². The van der Waals surface area contributed by atoms with Crippen molar-refractivity contribution in [2.45, 2.75) is 19.5 Å². The van der Waals surface area contributed by atoms with Gasteiger partial charge in [-0.1, -0.05) is 41.4 Å². The monoisotopic (exact) mass is 408 g/mol. The quantitative estimate of drug-likeness (QED) is 0.655. The number of hydrogen-bond acceptors (Lipinski definition) is 3. The zero-order valence-corrected chi connectivity index (χ0v) is 16.9. The lowest BCUT2D eigenvalue weighted by atomic mass is 10.1. The fourth-order valence-electron chi connectivity index (χ4n) is 2.81. The average molecular weight is 409 g/mol. The van der Waals surface area contributed by atoms with Crippen LogP contribution in [0.15, 0.2) is 42.5 Å². The number of carbonyl (C=O) groups excluding carboxylic acids is 1. The molecule has 3 aromatic rings. The van der Waals surface area contributed by atoms with Gasteiger partial charge in [-0.15, -0.1) is 11.3 Å². The molecule has 136 valence electrons. The van der Waals surface area contributed by atoms with E-state index in [1.54, 1.807) is 23.5 Å². The van der Waals surface area contributed by atoms with Crippen LogP contribution in [0.1, 0.15) is 23.5 Å². The second-order valence-electron chi connectivity index (χ2n) is 6.34. The van der Waals surface area contributed by atoms with Crippen LogP contribution in [0.4, 0.5) is 0 Å². The molecule has 1 heterocycles. The zero-order valence-electron chi connectivity index (χ0n) is 14.6. The van der Waals surface area contributed by atoms with Gasteiger partial charge in [0, 0.05) is 10.0 Å². The maximum Gasteiger partial charge on any atom is 0.275 e. The average Bonchev–Trinajstić information content (AvgIpc) is 2.96. The van der Waals surface area contributed by atoms with Crippen molar-refractivity contribution >= 4 is 50.7 Å². The molecule has 0 aliphatic heterocycles. The summed E-state index contributed by atoms with van der Waals surface area (Å²) in [5, 5.41) is 5.16. The molecule has 0 spiro atoms. The number of aromatic nitrogens is 1. The first-order valence-electron chi connectivity index (χ1n) is 8.32. The summed E-state index contributed by atoms with van der Waals surface area (Å²) >= 11 is 13.8. The van der Waals surface area contributed by atoms with Crippen LogP contribution in [-0.2, 0) is 11.3 Å². The Hall–Kier alpha value is -1.66. The molecule has 1 amide bonds. The fourth-order valence-corrected chi connectivity index (χ4v) is 4.47. The molecule has 2 atom stereocenters. The van der Waals surface area contributed by atoms with Crippen molar-refractivity contribution in [3.05, 3.63) is 63.1 Å². The SMILES string of the molecule is C[C@@H](NC(=O)C[NH+](C)Cc1nc2ccccc2s1)c1ccc(Cl)cc1Cl. The number of carbonyl (C=O) groups is 1. The number of hydrogen-bond donors (Lipinski definition) is 2. The molecule has 0 aliphatic rings. The van der Waals surface area contributed by atoms with Crippen LogP contribution in [0.3, 0.4) is 0 Å². The van der Waals surface area contributed by atoms with Crippen molar-refractivity contribution in [1.82, 2.24) is 10.3 Å². The number of nitrogens with one attached hydrogen (secondary N) is 2. The molecule has 7 heteroatoms. The number of fused-ring (bicyclic) bond motifs is 1. The van der Waals surface area contributed by atoms with Crippen molar-refractivity contribution in [2.75, 3.05) is 13.6 Å². The van der Waals surface area contributed by atoms with E-state index in [9.17, 15) is 4.79 Å². The molecule has 1 aromatic heterocycles. The van der Waals surface area contributed by atoms with Crippen molar-refractivity contribution < 1.29 is 9.69 Å². The third kappa shape index (κ3) is 4.74. The Balaban J connectivity index is 1.56. The van der Waals surface area contributed by atoms with Crippen LogP contribution in [0.5, 0.6) is 0 Å². The smallest absolute Gasteiger partial charge is 0.275 e. The highest BCUT2D eigenvalue weighted by molar-refractivity contribution is 7.18.